The molecule has 1 aromatic carbocycles. The van der Waals surface area contributed by atoms with Gasteiger partial charge in [0.25, 0.3) is 0 Å². The van der Waals surface area contributed by atoms with Crippen LogP contribution in [0.2, 0.25) is 0 Å². The normalized spacial score (nSPS) is 22.4. The lowest BCUT2D eigenvalue weighted by Gasteiger charge is -2.30. The molecule has 0 aromatic heterocycles. The number of rotatable bonds is 2. The molecule has 100 valence electrons. The summed E-state index contributed by atoms with van der Waals surface area (Å²) < 4.78 is 4.82. The Morgan fingerprint density at radius 1 is 1.42 bits per heavy atom. The summed E-state index contributed by atoms with van der Waals surface area (Å²) in [6.45, 7) is 1.75. The Labute approximate surface area is 116 Å². The summed E-state index contributed by atoms with van der Waals surface area (Å²) in [5.74, 6) is -0.724. The first-order chi connectivity index (χ1) is 9.02. The summed E-state index contributed by atoms with van der Waals surface area (Å²) in [5, 5.41) is 12.7. The van der Waals surface area contributed by atoms with Gasteiger partial charge in [0.15, 0.2) is 5.11 Å². The van der Waals surface area contributed by atoms with Gasteiger partial charge in [0.05, 0.1) is 13.2 Å². The zero-order valence-corrected chi connectivity index (χ0v) is 11.4. The van der Waals surface area contributed by atoms with E-state index in [4.69, 9.17) is 17.0 Å². The zero-order valence-electron chi connectivity index (χ0n) is 10.6. The number of esters is 1. The minimum atomic E-state index is -0.527. The second-order valence-corrected chi connectivity index (χ2v) is 4.66. The number of carbonyl (C=O) groups excluding carboxylic acids is 1. The molecule has 0 spiro atoms. The molecule has 0 aliphatic carbocycles. The maximum absolute atomic E-state index is 11.9. The van der Waals surface area contributed by atoms with Crippen LogP contribution in [0.3, 0.4) is 0 Å². The van der Waals surface area contributed by atoms with Gasteiger partial charge in [-0.05, 0) is 36.8 Å². The Morgan fingerprint density at radius 2 is 2.05 bits per heavy atom. The number of thiocarbonyl (C=S) groups is 1. The third kappa shape index (κ3) is 2.73. The van der Waals surface area contributed by atoms with Crippen LogP contribution in [0.4, 0.5) is 0 Å². The number of hydrogen-bond acceptors (Lipinski definition) is 4. The zero-order chi connectivity index (χ0) is 14.0. The monoisotopic (exact) mass is 278 g/mol. The first kappa shape index (κ1) is 13.5. The fourth-order valence-electron chi connectivity index (χ4n) is 2.11. The number of phenolic OH excluding ortho intramolecular Hbond substituents is 1. The first-order valence-corrected chi connectivity index (χ1v) is 6.16. The molecule has 0 saturated carbocycles. The largest absolute Gasteiger partial charge is 0.508 e. The van der Waals surface area contributed by atoms with Crippen LogP contribution >= 0.6 is 12.2 Å². The summed E-state index contributed by atoms with van der Waals surface area (Å²) in [4.78, 5) is 16.0. The number of hydrogen-bond donors (Lipinski definition) is 2. The highest BCUT2D eigenvalue weighted by Gasteiger charge is 2.36. The lowest BCUT2D eigenvalue weighted by atomic mass is 9.88. The number of nitrogens with zero attached hydrogens (tertiary/aromatic N) is 1. The number of carbonyl (C=O) groups is 1. The molecule has 0 saturated heterocycles. The minimum absolute atomic E-state index is 0.169. The number of nitrogens with one attached hydrogen (secondary N) is 1. The highest BCUT2D eigenvalue weighted by molar-refractivity contribution is 7.80. The number of benzene rings is 1. The van der Waals surface area contributed by atoms with E-state index in [9.17, 15) is 9.90 Å². The van der Waals surface area contributed by atoms with E-state index in [0.29, 0.717) is 10.8 Å². The standard InChI is InChI=1S/C13H14N2O3S/c1-7-10(12(17)18-2)11(15-13(19)14-7)8-3-5-9(16)6-4-8/h3-6,10-11,16H,1-2H3,(H,15,19). The molecule has 2 N–H and O–H groups in total. The molecule has 0 fully saturated rings. The second kappa shape index (κ2) is 5.36. The van der Waals surface area contributed by atoms with E-state index in [1.165, 1.54) is 7.11 Å². The highest BCUT2D eigenvalue weighted by atomic mass is 32.1. The topological polar surface area (TPSA) is 70.9 Å². The Bertz CT molecular complexity index is 539. The van der Waals surface area contributed by atoms with Gasteiger partial charge in [-0.15, -0.1) is 0 Å². The SMILES string of the molecule is COC(=O)C1C(C)=NC(=S)NC1c1ccc(O)cc1. The van der Waals surface area contributed by atoms with Crippen molar-refractivity contribution in [2.75, 3.05) is 7.11 Å². The van der Waals surface area contributed by atoms with Crippen molar-refractivity contribution in [3.63, 3.8) is 0 Å². The Hall–Kier alpha value is -1.95. The molecule has 0 amide bonds. The molecule has 0 bridgehead atoms. The summed E-state index contributed by atoms with van der Waals surface area (Å²) >= 11 is 5.06. The lowest BCUT2D eigenvalue weighted by Crippen LogP contribution is -2.43. The van der Waals surface area contributed by atoms with Gasteiger partial charge < -0.3 is 15.2 Å². The average Bonchev–Trinajstić information content (AvgIpc) is 2.38. The molecule has 19 heavy (non-hydrogen) atoms. The van der Waals surface area contributed by atoms with E-state index in [1.807, 2.05) is 0 Å². The summed E-state index contributed by atoms with van der Waals surface area (Å²) in [7, 11) is 1.34. The lowest BCUT2D eigenvalue weighted by molar-refractivity contribution is -0.143. The molecule has 1 heterocycles. The van der Waals surface area contributed by atoms with Crippen molar-refractivity contribution in [1.82, 2.24) is 5.32 Å². The molecule has 0 radical (unpaired) electrons. The summed E-state index contributed by atoms with van der Waals surface area (Å²) in [5.41, 5.74) is 1.46. The van der Waals surface area contributed by atoms with Crippen LogP contribution in [-0.4, -0.2) is 29.0 Å². The number of aliphatic imine (C=N–C) groups is 1. The van der Waals surface area contributed by atoms with Gasteiger partial charge in [-0.2, -0.15) is 0 Å². The van der Waals surface area contributed by atoms with Crippen LogP contribution in [-0.2, 0) is 9.53 Å². The Balaban J connectivity index is 2.40. The molecule has 2 rings (SSSR count). The number of methoxy groups -OCH3 is 1. The van der Waals surface area contributed by atoms with Crippen LogP contribution in [0.15, 0.2) is 29.3 Å². The predicted molar refractivity (Wildman–Crippen MR) is 75.2 cm³/mol. The van der Waals surface area contributed by atoms with Crippen molar-refractivity contribution in [1.29, 1.82) is 0 Å². The number of phenols is 1. The summed E-state index contributed by atoms with van der Waals surface area (Å²) in [6.07, 6.45) is 0. The first-order valence-electron chi connectivity index (χ1n) is 5.75. The van der Waals surface area contributed by atoms with Crippen LogP contribution in [0.25, 0.3) is 0 Å². The number of aromatic hydroxyl groups is 1. The maximum Gasteiger partial charge on any atom is 0.316 e. The fraction of sp³-hybridized carbons (Fsp3) is 0.308. The molecular formula is C13H14N2O3S. The quantitative estimate of drug-likeness (QED) is 0.635. The predicted octanol–water partition coefficient (Wildman–Crippen LogP) is 1.57. The van der Waals surface area contributed by atoms with Crippen molar-refractivity contribution in [3.8, 4) is 5.75 Å². The molecule has 2 atom stereocenters. The van der Waals surface area contributed by atoms with Gasteiger partial charge in [0.2, 0.25) is 0 Å². The number of ether oxygens (including phenoxy) is 1. The van der Waals surface area contributed by atoms with Crippen molar-refractivity contribution in [3.05, 3.63) is 29.8 Å². The van der Waals surface area contributed by atoms with Gasteiger partial charge in [-0.3, -0.25) is 4.79 Å². The van der Waals surface area contributed by atoms with Crippen LogP contribution in [0.5, 0.6) is 5.75 Å². The van der Waals surface area contributed by atoms with Gasteiger partial charge >= 0.3 is 5.97 Å². The van der Waals surface area contributed by atoms with E-state index < -0.39 is 5.92 Å². The van der Waals surface area contributed by atoms with Gasteiger partial charge in [-0.1, -0.05) is 12.1 Å². The summed E-state index contributed by atoms with van der Waals surface area (Å²) in [6, 6.07) is 6.28. The third-order valence-corrected chi connectivity index (χ3v) is 3.26. The molecule has 1 aliphatic heterocycles. The smallest absolute Gasteiger partial charge is 0.316 e. The van der Waals surface area contributed by atoms with E-state index in [-0.39, 0.29) is 17.8 Å². The molecular weight excluding hydrogens is 264 g/mol. The van der Waals surface area contributed by atoms with Crippen LogP contribution < -0.4 is 5.32 Å². The van der Waals surface area contributed by atoms with Gasteiger partial charge in [0.1, 0.15) is 11.7 Å². The van der Waals surface area contributed by atoms with E-state index >= 15 is 0 Å². The molecule has 6 heteroatoms. The van der Waals surface area contributed by atoms with E-state index in [2.05, 4.69) is 10.3 Å². The molecule has 1 aliphatic rings. The van der Waals surface area contributed by atoms with Crippen LogP contribution in [0, 0.1) is 5.92 Å². The van der Waals surface area contributed by atoms with Crippen molar-refractivity contribution in [2.24, 2.45) is 10.9 Å². The fourth-order valence-corrected chi connectivity index (χ4v) is 2.38. The maximum atomic E-state index is 11.9. The van der Waals surface area contributed by atoms with Crippen LogP contribution in [0.1, 0.15) is 18.5 Å². The molecule has 1 aromatic rings. The highest BCUT2D eigenvalue weighted by Crippen LogP contribution is 2.28. The Kier molecular flexibility index (Phi) is 3.80. The average molecular weight is 278 g/mol. The molecule has 2 unspecified atom stereocenters. The van der Waals surface area contributed by atoms with E-state index in [1.54, 1.807) is 31.2 Å². The van der Waals surface area contributed by atoms with E-state index in [0.717, 1.165) is 5.56 Å². The third-order valence-electron chi connectivity index (χ3n) is 3.05. The van der Waals surface area contributed by atoms with Gasteiger partial charge in [-0.25, -0.2) is 4.99 Å². The second-order valence-electron chi connectivity index (χ2n) is 4.27. The molecule has 5 nitrogen and oxygen atoms in total. The minimum Gasteiger partial charge on any atom is -0.508 e. The van der Waals surface area contributed by atoms with Crippen molar-refractivity contribution >= 4 is 29.0 Å². The van der Waals surface area contributed by atoms with Gasteiger partial charge in [0, 0.05) is 5.71 Å². The van der Waals surface area contributed by atoms with Crippen molar-refractivity contribution in [2.45, 2.75) is 13.0 Å². The Morgan fingerprint density at radius 3 is 2.63 bits per heavy atom. The van der Waals surface area contributed by atoms with Crippen molar-refractivity contribution < 1.29 is 14.6 Å².